The molecule has 2 heterocycles. The number of ether oxygens (including phenoxy) is 1. The lowest BCUT2D eigenvalue weighted by Gasteiger charge is -2.35. The number of anilines is 1. The monoisotopic (exact) mass is 414 g/mol. The molecule has 0 N–H and O–H groups in total. The summed E-state index contributed by atoms with van der Waals surface area (Å²) in [5.74, 6) is 1.65. The number of aromatic nitrogens is 2. The molecule has 1 fully saturated rings. The Morgan fingerprint density at radius 1 is 1.00 bits per heavy atom. The molecule has 0 aliphatic carbocycles. The van der Waals surface area contributed by atoms with Crippen molar-refractivity contribution < 1.29 is 9.53 Å². The minimum atomic E-state index is 0.00805. The first kappa shape index (κ1) is 20.6. The molecular weight excluding hydrogens is 388 g/mol. The summed E-state index contributed by atoms with van der Waals surface area (Å²) < 4.78 is 5.34. The highest BCUT2D eigenvalue weighted by atomic mass is 16.5. The Labute approximate surface area is 182 Å². The molecule has 31 heavy (non-hydrogen) atoms. The zero-order valence-corrected chi connectivity index (χ0v) is 17.9. The van der Waals surface area contributed by atoms with E-state index in [9.17, 15) is 4.79 Å². The number of rotatable bonds is 5. The second kappa shape index (κ2) is 9.43. The SMILES string of the molecule is COc1ccccc1C=CC(=O)N1CCN(c2cc(-c3cccc(C)c3)ncn2)CC1. The summed E-state index contributed by atoms with van der Waals surface area (Å²) in [6, 6.07) is 18.0. The van der Waals surface area contributed by atoms with Crippen molar-refractivity contribution in [2.45, 2.75) is 6.92 Å². The van der Waals surface area contributed by atoms with Gasteiger partial charge in [-0.3, -0.25) is 4.79 Å². The largest absolute Gasteiger partial charge is 0.496 e. The van der Waals surface area contributed by atoms with Gasteiger partial charge in [0, 0.05) is 49.4 Å². The molecule has 0 atom stereocenters. The van der Waals surface area contributed by atoms with Crippen molar-refractivity contribution >= 4 is 17.8 Å². The number of nitrogens with zero attached hydrogens (tertiary/aromatic N) is 4. The third-order valence-corrected chi connectivity index (χ3v) is 5.43. The Kier molecular flexibility index (Phi) is 6.26. The Hall–Kier alpha value is -3.67. The topological polar surface area (TPSA) is 58.6 Å². The zero-order chi connectivity index (χ0) is 21.6. The van der Waals surface area contributed by atoms with E-state index in [-0.39, 0.29) is 5.91 Å². The summed E-state index contributed by atoms with van der Waals surface area (Å²) in [6.45, 7) is 4.85. The molecule has 0 unspecified atom stereocenters. The zero-order valence-electron chi connectivity index (χ0n) is 17.9. The number of hydrogen-bond acceptors (Lipinski definition) is 5. The number of hydrogen-bond donors (Lipinski definition) is 0. The van der Waals surface area contributed by atoms with Crippen molar-refractivity contribution in [3.05, 3.63) is 78.1 Å². The van der Waals surface area contributed by atoms with Crippen LogP contribution >= 0.6 is 0 Å². The van der Waals surface area contributed by atoms with E-state index < -0.39 is 0 Å². The predicted octanol–water partition coefficient (Wildman–Crippen LogP) is 3.82. The number of benzene rings is 2. The van der Waals surface area contributed by atoms with E-state index in [1.54, 1.807) is 19.5 Å². The van der Waals surface area contributed by atoms with Crippen LogP contribution in [0.2, 0.25) is 0 Å². The number of para-hydroxylation sites is 1. The van der Waals surface area contributed by atoms with E-state index in [1.807, 2.05) is 47.4 Å². The van der Waals surface area contributed by atoms with Crippen LogP contribution < -0.4 is 9.64 Å². The maximum atomic E-state index is 12.6. The van der Waals surface area contributed by atoms with Crippen LogP contribution in [-0.2, 0) is 4.79 Å². The maximum Gasteiger partial charge on any atom is 0.246 e. The molecule has 158 valence electrons. The molecule has 1 aliphatic heterocycles. The van der Waals surface area contributed by atoms with E-state index in [2.05, 4.69) is 40.0 Å². The smallest absolute Gasteiger partial charge is 0.246 e. The van der Waals surface area contributed by atoms with Crippen LogP contribution in [0.5, 0.6) is 5.75 Å². The summed E-state index contributed by atoms with van der Waals surface area (Å²) in [5, 5.41) is 0. The van der Waals surface area contributed by atoms with Gasteiger partial charge in [0.05, 0.1) is 12.8 Å². The first-order valence-corrected chi connectivity index (χ1v) is 10.4. The molecule has 0 bridgehead atoms. The van der Waals surface area contributed by atoms with Crippen molar-refractivity contribution in [3.8, 4) is 17.0 Å². The molecular formula is C25H26N4O2. The second-order valence-corrected chi connectivity index (χ2v) is 7.52. The molecule has 0 spiro atoms. The van der Waals surface area contributed by atoms with Crippen LogP contribution in [0.25, 0.3) is 17.3 Å². The standard InChI is InChI=1S/C25H26N4O2/c1-19-6-5-8-21(16-19)22-17-24(27-18-26-22)28-12-14-29(15-13-28)25(30)11-10-20-7-3-4-9-23(20)31-2/h3-11,16-18H,12-15H2,1-2H3. The Morgan fingerprint density at radius 3 is 2.58 bits per heavy atom. The van der Waals surface area contributed by atoms with Crippen molar-refractivity contribution in [1.82, 2.24) is 14.9 Å². The average Bonchev–Trinajstić information content (AvgIpc) is 2.83. The summed E-state index contributed by atoms with van der Waals surface area (Å²) in [4.78, 5) is 25.6. The van der Waals surface area contributed by atoms with Crippen molar-refractivity contribution in [2.75, 3.05) is 38.2 Å². The first-order valence-electron chi connectivity index (χ1n) is 10.4. The van der Waals surface area contributed by atoms with E-state index in [1.165, 1.54) is 5.56 Å². The first-order chi connectivity index (χ1) is 15.1. The fraction of sp³-hybridized carbons (Fsp3) is 0.240. The Morgan fingerprint density at radius 2 is 1.81 bits per heavy atom. The van der Waals surface area contributed by atoms with Crippen molar-refractivity contribution in [2.24, 2.45) is 0 Å². The van der Waals surface area contributed by atoms with E-state index >= 15 is 0 Å². The van der Waals surface area contributed by atoms with Crippen LogP contribution in [-0.4, -0.2) is 54.1 Å². The Balaban J connectivity index is 1.39. The fourth-order valence-corrected chi connectivity index (χ4v) is 3.71. The van der Waals surface area contributed by atoms with Crippen LogP contribution in [0.3, 0.4) is 0 Å². The molecule has 0 radical (unpaired) electrons. The minimum Gasteiger partial charge on any atom is -0.496 e. The second-order valence-electron chi connectivity index (χ2n) is 7.52. The summed E-state index contributed by atoms with van der Waals surface area (Å²) in [5.41, 5.74) is 4.08. The average molecular weight is 415 g/mol. The molecule has 1 amide bonds. The van der Waals surface area contributed by atoms with Crippen LogP contribution in [0.1, 0.15) is 11.1 Å². The lowest BCUT2D eigenvalue weighted by Crippen LogP contribution is -2.48. The number of aryl methyl sites for hydroxylation is 1. The normalized spacial score (nSPS) is 14.1. The highest BCUT2D eigenvalue weighted by Crippen LogP contribution is 2.23. The van der Waals surface area contributed by atoms with Gasteiger partial charge in [0.2, 0.25) is 5.91 Å². The molecule has 6 heteroatoms. The van der Waals surface area contributed by atoms with Crippen molar-refractivity contribution in [3.63, 3.8) is 0 Å². The van der Waals surface area contributed by atoms with Gasteiger partial charge in [-0.05, 0) is 25.1 Å². The minimum absolute atomic E-state index is 0.00805. The van der Waals surface area contributed by atoms with Gasteiger partial charge in [0.15, 0.2) is 0 Å². The van der Waals surface area contributed by atoms with Gasteiger partial charge in [0.25, 0.3) is 0 Å². The summed E-state index contributed by atoms with van der Waals surface area (Å²) in [7, 11) is 1.63. The lowest BCUT2D eigenvalue weighted by molar-refractivity contribution is -0.126. The fourth-order valence-electron chi connectivity index (χ4n) is 3.71. The van der Waals surface area contributed by atoms with Gasteiger partial charge in [-0.15, -0.1) is 0 Å². The third-order valence-electron chi connectivity index (χ3n) is 5.43. The number of methoxy groups -OCH3 is 1. The van der Waals surface area contributed by atoms with Gasteiger partial charge in [0.1, 0.15) is 17.9 Å². The Bertz CT molecular complexity index is 1090. The highest BCUT2D eigenvalue weighted by Gasteiger charge is 2.21. The molecule has 2 aromatic carbocycles. The van der Waals surface area contributed by atoms with Gasteiger partial charge in [-0.2, -0.15) is 0 Å². The molecule has 0 saturated carbocycles. The van der Waals surface area contributed by atoms with E-state index in [0.717, 1.165) is 41.5 Å². The van der Waals surface area contributed by atoms with Crippen LogP contribution in [0, 0.1) is 6.92 Å². The number of amides is 1. The molecule has 4 rings (SSSR count). The summed E-state index contributed by atoms with van der Waals surface area (Å²) >= 11 is 0. The number of piperazine rings is 1. The van der Waals surface area contributed by atoms with Gasteiger partial charge >= 0.3 is 0 Å². The van der Waals surface area contributed by atoms with Gasteiger partial charge in [-0.1, -0.05) is 42.0 Å². The molecule has 6 nitrogen and oxygen atoms in total. The number of carbonyl (C=O) groups is 1. The third kappa shape index (κ3) is 4.91. The molecule has 1 aromatic heterocycles. The highest BCUT2D eigenvalue weighted by molar-refractivity contribution is 5.92. The number of carbonyl (C=O) groups excluding carboxylic acids is 1. The summed E-state index contributed by atoms with van der Waals surface area (Å²) in [6.07, 6.45) is 5.04. The maximum absolute atomic E-state index is 12.6. The quantitative estimate of drug-likeness (QED) is 0.594. The van der Waals surface area contributed by atoms with Gasteiger partial charge < -0.3 is 14.5 Å². The van der Waals surface area contributed by atoms with Crippen LogP contribution in [0.4, 0.5) is 5.82 Å². The van der Waals surface area contributed by atoms with E-state index in [0.29, 0.717) is 13.1 Å². The van der Waals surface area contributed by atoms with Crippen LogP contribution in [0.15, 0.2) is 67.0 Å². The molecule has 1 saturated heterocycles. The molecule has 1 aliphatic rings. The predicted molar refractivity (Wildman–Crippen MR) is 123 cm³/mol. The molecule has 3 aromatic rings. The van der Waals surface area contributed by atoms with Gasteiger partial charge in [-0.25, -0.2) is 9.97 Å². The lowest BCUT2D eigenvalue weighted by atomic mass is 10.1. The van der Waals surface area contributed by atoms with E-state index in [4.69, 9.17) is 4.74 Å². The van der Waals surface area contributed by atoms with Crippen molar-refractivity contribution in [1.29, 1.82) is 0 Å².